The largest absolute Gasteiger partial charge is 0.436 e. The van der Waals surface area contributed by atoms with Gasteiger partial charge in [0.25, 0.3) is 5.22 Å². The number of aromatic nitrogens is 2. The highest BCUT2D eigenvalue weighted by Gasteiger charge is 2.08. The number of hydrogen-bond acceptors (Lipinski definition) is 6. The maximum absolute atomic E-state index is 8.53. The fourth-order valence-corrected chi connectivity index (χ4v) is 2.00. The van der Waals surface area contributed by atoms with E-state index in [2.05, 4.69) is 15.1 Å². The molecule has 0 fully saturated rings. The van der Waals surface area contributed by atoms with Gasteiger partial charge in [-0.1, -0.05) is 5.16 Å². The minimum atomic E-state index is 0.0295. The quantitative estimate of drug-likeness (QED) is 0.380. The number of hydrogen-bond donors (Lipinski definition) is 2. The van der Waals surface area contributed by atoms with Crippen molar-refractivity contribution in [2.75, 3.05) is 0 Å². The molecule has 0 unspecified atom stereocenters. The van der Waals surface area contributed by atoms with Crippen LogP contribution in [-0.2, 0) is 0 Å². The summed E-state index contributed by atoms with van der Waals surface area (Å²) in [4.78, 5) is 8.42. The normalized spacial score (nSPS) is 11.8. The Bertz CT molecular complexity index is 558. The van der Waals surface area contributed by atoms with Gasteiger partial charge in [-0.2, -0.15) is 0 Å². The van der Waals surface area contributed by atoms with E-state index in [1.807, 2.05) is 13.8 Å². The lowest BCUT2D eigenvalue weighted by molar-refractivity contribution is 0.318. The zero-order valence-electron chi connectivity index (χ0n) is 9.91. The zero-order valence-corrected chi connectivity index (χ0v) is 10.7. The monoisotopic (exact) mass is 264 g/mol. The highest BCUT2D eigenvalue weighted by atomic mass is 32.2. The summed E-state index contributed by atoms with van der Waals surface area (Å²) in [6.45, 7) is 3.75. The van der Waals surface area contributed by atoms with Gasteiger partial charge < -0.3 is 15.4 Å². The molecule has 0 aliphatic rings. The molecule has 0 saturated carbocycles. The third-order valence-corrected chi connectivity index (χ3v) is 3.14. The SMILES string of the molecule is Cc1nc(Sc2ccc(/C(N)=N/O)cn2)oc1C. The Hall–Kier alpha value is -2.02. The van der Waals surface area contributed by atoms with Crippen LogP contribution in [0.1, 0.15) is 17.0 Å². The lowest BCUT2D eigenvalue weighted by Crippen LogP contribution is -2.13. The molecule has 0 amide bonds. The topological polar surface area (TPSA) is 97.5 Å². The maximum atomic E-state index is 8.53. The minimum Gasteiger partial charge on any atom is -0.436 e. The average molecular weight is 264 g/mol. The molecule has 0 spiro atoms. The number of oxime groups is 1. The summed E-state index contributed by atoms with van der Waals surface area (Å²) in [6, 6.07) is 3.47. The highest BCUT2D eigenvalue weighted by Crippen LogP contribution is 2.26. The van der Waals surface area contributed by atoms with Crippen LogP contribution in [0.2, 0.25) is 0 Å². The molecule has 2 aromatic rings. The van der Waals surface area contributed by atoms with Crippen molar-refractivity contribution < 1.29 is 9.62 Å². The smallest absolute Gasteiger partial charge is 0.262 e. The van der Waals surface area contributed by atoms with Crippen molar-refractivity contribution in [3.05, 3.63) is 35.3 Å². The molecule has 0 aliphatic carbocycles. The van der Waals surface area contributed by atoms with Crippen LogP contribution < -0.4 is 5.73 Å². The summed E-state index contributed by atoms with van der Waals surface area (Å²) in [6.07, 6.45) is 1.53. The third-order valence-electron chi connectivity index (χ3n) is 2.34. The first-order valence-electron chi connectivity index (χ1n) is 5.16. The Labute approximate surface area is 108 Å². The van der Waals surface area contributed by atoms with E-state index in [-0.39, 0.29) is 5.84 Å². The third kappa shape index (κ3) is 2.62. The second-order valence-corrected chi connectivity index (χ2v) is 4.57. The maximum Gasteiger partial charge on any atom is 0.262 e. The van der Waals surface area contributed by atoms with Crippen molar-refractivity contribution in [2.45, 2.75) is 24.1 Å². The molecule has 0 radical (unpaired) electrons. The van der Waals surface area contributed by atoms with Crippen LogP contribution in [0.25, 0.3) is 0 Å². The molecule has 0 saturated heterocycles. The second-order valence-electron chi connectivity index (χ2n) is 3.59. The van der Waals surface area contributed by atoms with Crippen LogP contribution in [0.5, 0.6) is 0 Å². The van der Waals surface area contributed by atoms with Crippen LogP contribution in [0.4, 0.5) is 0 Å². The van der Waals surface area contributed by atoms with Gasteiger partial charge >= 0.3 is 0 Å². The molecule has 2 rings (SSSR count). The van der Waals surface area contributed by atoms with E-state index in [0.29, 0.717) is 10.8 Å². The molecule has 3 N–H and O–H groups in total. The standard InChI is InChI=1S/C11H12N4O2S/c1-6-7(2)17-11(14-6)18-9-4-3-8(5-13-9)10(12)15-16/h3-5,16H,1-2H3,(H2,12,15). The summed E-state index contributed by atoms with van der Waals surface area (Å²) in [5.74, 6) is 0.827. The van der Waals surface area contributed by atoms with Crippen LogP contribution >= 0.6 is 11.8 Å². The van der Waals surface area contributed by atoms with Crippen LogP contribution in [0, 0.1) is 13.8 Å². The van der Waals surface area contributed by atoms with E-state index in [0.717, 1.165) is 16.5 Å². The summed E-state index contributed by atoms with van der Waals surface area (Å²) in [5.41, 5.74) is 6.87. The van der Waals surface area contributed by atoms with Crippen molar-refractivity contribution in [2.24, 2.45) is 10.9 Å². The second kappa shape index (κ2) is 5.09. The van der Waals surface area contributed by atoms with E-state index < -0.39 is 0 Å². The molecule has 0 bridgehead atoms. The van der Waals surface area contributed by atoms with Crippen molar-refractivity contribution in [1.82, 2.24) is 9.97 Å². The molecule has 2 heterocycles. The minimum absolute atomic E-state index is 0.0295. The number of pyridine rings is 1. The van der Waals surface area contributed by atoms with Crippen molar-refractivity contribution in [3.63, 3.8) is 0 Å². The lowest BCUT2D eigenvalue weighted by Gasteiger charge is -1.99. The van der Waals surface area contributed by atoms with Crippen molar-refractivity contribution >= 4 is 17.6 Å². The van der Waals surface area contributed by atoms with Crippen molar-refractivity contribution in [3.8, 4) is 0 Å². The van der Waals surface area contributed by atoms with Crippen LogP contribution in [0.15, 0.2) is 38.2 Å². The number of amidine groups is 1. The number of aryl methyl sites for hydroxylation is 2. The van der Waals surface area contributed by atoms with Gasteiger partial charge in [0.1, 0.15) is 10.8 Å². The van der Waals surface area contributed by atoms with Crippen LogP contribution in [-0.4, -0.2) is 21.0 Å². The van der Waals surface area contributed by atoms with Crippen molar-refractivity contribution in [1.29, 1.82) is 0 Å². The molecular weight excluding hydrogens is 252 g/mol. The molecular formula is C11H12N4O2S. The molecule has 0 aliphatic heterocycles. The van der Waals surface area contributed by atoms with Gasteiger partial charge in [-0.05, 0) is 37.7 Å². The predicted octanol–water partition coefficient (Wildman–Crippen LogP) is 1.93. The Morgan fingerprint density at radius 3 is 2.72 bits per heavy atom. The fraction of sp³-hybridized carbons (Fsp3) is 0.182. The van der Waals surface area contributed by atoms with E-state index in [1.165, 1.54) is 18.0 Å². The Morgan fingerprint density at radius 1 is 1.44 bits per heavy atom. The first-order valence-corrected chi connectivity index (χ1v) is 5.97. The van der Waals surface area contributed by atoms with E-state index in [1.54, 1.807) is 12.1 Å². The number of nitrogens with zero attached hydrogens (tertiary/aromatic N) is 3. The number of nitrogens with two attached hydrogens (primary N) is 1. The molecule has 2 aromatic heterocycles. The predicted molar refractivity (Wildman–Crippen MR) is 66.8 cm³/mol. The molecule has 7 heteroatoms. The van der Waals surface area contributed by atoms with Gasteiger partial charge in [0.15, 0.2) is 5.84 Å². The Morgan fingerprint density at radius 2 is 2.22 bits per heavy atom. The summed E-state index contributed by atoms with van der Waals surface area (Å²) in [5, 5.41) is 12.7. The van der Waals surface area contributed by atoms with E-state index >= 15 is 0 Å². The Balaban J connectivity index is 2.15. The van der Waals surface area contributed by atoms with Gasteiger partial charge in [-0.15, -0.1) is 0 Å². The zero-order chi connectivity index (χ0) is 13.1. The molecule has 94 valence electrons. The molecule has 0 aromatic carbocycles. The van der Waals surface area contributed by atoms with Gasteiger partial charge in [-0.3, -0.25) is 0 Å². The molecule has 18 heavy (non-hydrogen) atoms. The number of oxazole rings is 1. The van der Waals surface area contributed by atoms with Gasteiger partial charge in [-0.25, -0.2) is 9.97 Å². The number of rotatable bonds is 3. The first kappa shape index (κ1) is 12.4. The summed E-state index contributed by atoms with van der Waals surface area (Å²) < 4.78 is 5.44. The summed E-state index contributed by atoms with van der Waals surface area (Å²) >= 11 is 1.32. The van der Waals surface area contributed by atoms with E-state index in [4.69, 9.17) is 15.4 Å². The van der Waals surface area contributed by atoms with E-state index in [9.17, 15) is 0 Å². The Kier molecular flexibility index (Phi) is 3.52. The van der Waals surface area contributed by atoms with Gasteiger partial charge in [0.05, 0.1) is 5.69 Å². The highest BCUT2D eigenvalue weighted by molar-refractivity contribution is 7.99. The van der Waals surface area contributed by atoms with Gasteiger partial charge in [0, 0.05) is 11.8 Å². The lowest BCUT2D eigenvalue weighted by atomic mass is 10.3. The average Bonchev–Trinajstić information content (AvgIpc) is 2.68. The molecule has 6 nitrogen and oxygen atoms in total. The first-order chi connectivity index (χ1) is 8.60. The van der Waals surface area contributed by atoms with Crippen LogP contribution in [0.3, 0.4) is 0 Å². The molecule has 0 atom stereocenters. The summed E-state index contributed by atoms with van der Waals surface area (Å²) in [7, 11) is 0. The fourth-order valence-electron chi connectivity index (χ4n) is 1.23. The van der Waals surface area contributed by atoms with Gasteiger partial charge in [0.2, 0.25) is 0 Å².